The van der Waals surface area contributed by atoms with E-state index in [4.69, 9.17) is 9.47 Å². The van der Waals surface area contributed by atoms with Gasteiger partial charge in [0.25, 0.3) is 0 Å². The summed E-state index contributed by atoms with van der Waals surface area (Å²) in [5.74, 6) is 1.64. The van der Waals surface area contributed by atoms with Crippen LogP contribution in [0.5, 0.6) is 11.5 Å². The van der Waals surface area contributed by atoms with Gasteiger partial charge in [0.05, 0.1) is 13.7 Å². The van der Waals surface area contributed by atoms with E-state index in [2.05, 4.69) is 24.9 Å². The van der Waals surface area contributed by atoms with Crippen molar-refractivity contribution in [2.45, 2.75) is 26.2 Å². The zero-order valence-electron chi connectivity index (χ0n) is 12.1. The highest BCUT2D eigenvalue weighted by Crippen LogP contribution is 2.31. The molecule has 3 heteroatoms. The molecule has 0 aliphatic heterocycles. The zero-order chi connectivity index (χ0) is 13.9. The molecule has 0 aromatic heterocycles. The van der Waals surface area contributed by atoms with Crippen molar-refractivity contribution in [1.29, 1.82) is 0 Å². The number of methoxy groups -OCH3 is 1. The van der Waals surface area contributed by atoms with Gasteiger partial charge in [0.15, 0.2) is 11.5 Å². The Morgan fingerprint density at radius 3 is 2.84 bits per heavy atom. The predicted molar refractivity (Wildman–Crippen MR) is 80.2 cm³/mol. The smallest absolute Gasteiger partial charge is 0.164 e. The highest BCUT2D eigenvalue weighted by atomic mass is 16.5. The van der Waals surface area contributed by atoms with Crippen LogP contribution in [0.25, 0.3) is 0 Å². The van der Waals surface area contributed by atoms with E-state index in [-0.39, 0.29) is 0 Å². The number of para-hydroxylation sites is 1. The van der Waals surface area contributed by atoms with Crippen molar-refractivity contribution in [2.24, 2.45) is 0 Å². The normalized spacial score (nSPS) is 10.2. The molecule has 0 atom stereocenters. The van der Waals surface area contributed by atoms with Gasteiger partial charge in [-0.25, -0.2) is 0 Å². The monoisotopic (exact) mass is 263 g/mol. The average molecular weight is 263 g/mol. The number of allylic oxidation sites excluding steroid dienone is 1. The summed E-state index contributed by atoms with van der Waals surface area (Å²) in [5.41, 5.74) is 1.12. The van der Waals surface area contributed by atoms with Gasteiger partial charge in [-0.3, -0.25) is 0 Å². The van der Waals surface area contributed by atoms with E-state index in [9.17, 15) is 0 Å². The first-order valence-electron chi connectivity index (χ1n) is 6.93. The fraction of sp³-hybridized carbons (Fsp3) is 0.500. The van der Waals surface area contributed by atoms with E-state index in [1.54, 1.807) is 7.11 Å². The van der Waals surface area contributed by atoms with Gasteiger partial charge in [0.2, 0.25) is 0 Å². The quantitative estimate of drug-likeness (QED) is 0.519. The van der Waals surface area contributed by atoms with Gasteiger partial charge in [0.1, 0.15) is 0 Å². The second kappa shape index (κ2) is 9.45. The molecule has 0 unspecified atom stereocenters. The average Bonchev–Trinajstić information content (AvgIpc) is 2.44. The molecule has 0 saturated carbocycles. The van der Waals surface area contributed by atoms with Gasteiger partial charge in [-0.15, -0.1) is 6.58 Å². The Kier molecular flexibility index (Phi) is 7.75. The molecule has 1 N–H and O–H groups in total. The molecule has 0 bridgehead atoms. The third-order valence-electron chi connectivity index (χ3n) is 2.82. The topological polar surface area (TPSA) is 30.5 Å². The summed E-state index contributed by atoms with van der Waals surface area (Å²) in [6.07, 6.45) is 4.83. The maximum atomic E-state index is 5.88. The molecule has 106 valence electrons. The van der Waals surface area contributed by atoms with Crippen molar-refractivity contribution in [2.75, 3.05) is 26.8 Å². The molecular formula is C16H25NO2. The number of hydrogen-bond acceptors (Lipinski definition) is 3. The summed E-state index contributed by atoms with van der Waals surface area (Å²) in [4.78, 5) is 0. The third kappa shape index (κ3) is 5.35. The van der Waals surface area contributed by atoms with E-state index in [0.717, 1.165) is 49.4 Å². The summed E-state index contributed by atoms with van der Waals surface area (Å²) in [5, 5.41) is 3.36. The lowest BCUT2D eigenvalue weighted by Gasteiger charge is -2.14. The lowest BCUT2D eigenvalue weighted by molar-refractivity contribution is 0.285. The van der Waals surface area contributed by atoms with Crippen LogP contribution in [0.4, 0.5) is 0 Å². The van der Waals surface area contributed by atoms with Crippen LogP contribution in [0, 0.1) is 0 Å². The number of ether oxygens (including phenoxy) is 2. The van der Waals surface area contributed by atoms with Gasteiger partial charge >= 0.3 is 0 Å². The van der Waals surface area contributed by atoms with Crippen molar-refractivity contribution < 1.29 is 9.47 Å². The number of hydrogen-bond donors (Lipinski definition) is 1. The lowest BCUT2D eigenvalue weighted by Crippen LogP contribution is -2.18. The van der Waals surface area contributed by atoms with Gasteiger partial charge in [0, 0.05) is 5.56 Å². The highest BCUT2D eigenvalue weighted by Gasteiger charge is 2.09. The van der Waals surface area contributed by atoms with Crippen LogP contribution in [0.15, 0.2) is 30.9 Å². The summed E-state index contributed by atoms with van der Waals surface area (Å²) < 4.78 is 11.2. The standard InChI is InChI=1S/C16H25NO2/c1-4-8-14-9-6-10-15(18-3)16(14)19-13-7-12-17-11-5-2/h4,6,9-10,17H,1,5,7-8,11-13H2,2-3H3. The summed E-state index contributed by atoms with van der Waals surface area (Å²) in [6, 6.07) is 5.96. The van der Waals surface area contributed by atoms with Crippen molar-refractivity contribution in [3.8, 4) is 11.5 Å². The maximum Gasteiger partial charge on any atom is 0.164 e. The van der Waals surface area contributed by atoms with Crippen molar-refractivity contribution in [3.05, 3.63) is 36.4 Å². The molecule has 0 spiro atoms. The Labute approximate surface area is 116 Å². The molecule has 0 aliphatic rings. The molecule has 1 rings (SSSR count). The zero-order valence-corrected chi connectivity index (χ0v) is 12.1. The summed E-state index contributed by atoms with van der Waals surface area (Å²) >= 11 is 0. The van der Waals surface area contributed by atoms with Crippen LogP contribution in [0.2, 0.25) is 0 Å². The van der Waals surface area contributed by atoms with Crippen LogP contribution in [0.3, 0.4) is 0 Å². The SMILES string of the molecule is C=CCc1cccc(OC)c1OCCCNCCC. The molecular weight excluding hydrogens is 238 g/mol. The maximum absolute atomic E-state index is 5.88. The van der Waals surface area contributed by atoms with Gasteiger partial charge < -0.3 is 14.8 Å². The van der Waals surface area contributed by atoms with Crippen LogP contribution >= 0.6 is 0 Å². The van der Waals surface area contributed by atoms with Crippen molar-refractivity contribution in [3.63, 3.8) is 0 Å². The Hall–Kier alpha value is -1.48. The predicted octanol–water partition coefficient (Wildman–Crippen LogP) is 3.19. The molecule has 3 nitrogen and oxygen atoms in total. The van der Waals surface area contributed by atoms with Crippen molar-refractivity contribution >= 4 is 0 Å². The van der Waals surface area contributed by atoms with Crippen LogP contribution in [0.1, 0.15) is 25.3 Å². The fourth-order valence-electron chi connectivity index (χ4n) is 1.88. The molecule has 0 amide bonds. The highest BCUT2D eigenvalue weighted by molar-refractivity contribution is 5.47. The summed E-state index contributed by atoms with van der Waals surface area (Å²) in [7, 11) is 1.67. The van der Waals surface area contributed by atoms with E-state index in [1.807, 2.05) is 18.2 Å². The molecule has 0 aliphatic carbocycles. The lowest BCUT2D eigenvalue weighted by atomic mass is 10.1. The van der Waals surface area contributed by atoms with E-state index < -0.39 is 0 Å². The molecule has 19 heavy (non-hydrogen) atoms. The molecule has 0 heterocycles. The number of nitrogens with one attached hydrogen (secondary N) is 1. The minimum atomic E-state index is 0.696. The molecule has 0 saturated heterocycles. The number of rotatable bonds is 10. The molecule has 1 aromatic carbocycles. The minimum absolute atomic E-state index is 0.696. The van der Waals surface area contributed by atoms with E-state index >= 15 is 0 Å². The first-order chi connectivity index (χ1) is 9.33. The van der Waals surface area contributed by atoms with Gasteiger partial charge in [-0.2, -0.15) is 0 Å². The minimum Gasteiger partial charge on any atom is -0.493 e. The second-order valence-electron chi connectivity index (χ2n) is 4.39. The molecule has 0 radical (unpaired) electrons. The Balaban J connectivity index is 2.52. The molecule has 1 aromatic rings. The van der Waals surface area contributed by atoms with Crippen LogP contribution in [-0.2, 0) is 6.42 Å². The first-order valence-corrected chi connectivity index (χ1v) is 6.93. The van der Waals surface area contributed by atoms with Crippen molar-refractivity contribution in [1.82, 2.24) is 5.32 Å². The van der Waals surface area contributed by atoms with Crippen LogP contribution in [-0.4, -0.2) is 26.8 Å². The van der Waals surface area contributed by atoms with E-state index in [0.29, 0.717) is 6.61 Å². The second-order valence-corrected chi connectivity index (χ2v) is 4.39. The van der Waals surface area contributed by atoms with E-state index in [1.165, 1.54) is 0 Å². The fourth-order valence-corrected chi connectivity index (χ4v) is 1.88. The number of benzene rings is 1. The largest absolute Gasteiger partial charge is 0.493 e. The Morgan fingerprint density at radius 1 is 1.32 bits per heavy atom. The third-order valence-corrected chi connectivity index (χ3v) is 2.82. The Bertz CT molecular complexity index is 377. The Morgan fingerprint density at radius 2 is 2.16 bits per heavy atom. The van der Waals surface area contributed by atoms with Crippen LogP contribution < -0.4 is 14.8 Å². The molecule has 0 fully saturated rings. The van der Waals surface area contributed by atoms with Gasteiger partial charge in [-0.05, 0) is 38.4 Å². The summed E-state index contributed by atoms with van der Waals surface area (Å²) in [6.45, 7) is 8.69. The first kappa shape index (κ1) is 15.6. The van der Waals surface area contributed by atoms with Gasteiger partial charge in [-0.1, -0.05) is 25.1 Å².